The number of phosphoric acid groups is 1. The van der Waals surface area contributed by atoms with Crippen molar-refractivity contribution in [3.63, 3.8) is 0 Å². The van der Waals surface area contributed by atoms with Crippen LogP contribution < -0.4 is 5.73 Å². The number of allylic oxidation sites excluding steroid dienone is 4. The zero-order valence-electron chi connectivity index (χ0n) is 35.5. The summed E-state index contributed by atoms with van der Waals surface area (Å²) in [5, 5.41) is 0. The molecule has 0 aliphatic heterocycles. The summed E-state index contributed by atoms with van der Waals surface area (Å²) in [4.78, 5) is 22.5. The van der Waals surface area contributed by atoms with Gasteiger partial charge in [-0.1, -0.05) is 199 Å². The minimum Gasteiger partial charge on any atom is -0.457 e. The molecule has 8 nitrogen and oxygen atoms in total. The number of unbranched alkanes of at least 4 members (excludes halogenated alkanes) is 27. The lowest BCUT2D eigenvalue weighted by Crippen LogP contribution is -2.28. The number of phosphoric ester groups is 1. The second-order valence-corrected chi connectivity index (χ2v) is 16.7. The summed E-state index contributed by atoms with van der Waals surface area (Å²) in [5.41, 5.74) is 5.37. The van der Waals surface area contributed by atoms with Gasteiger partial charge in [-0.2, -0.15) is 0 Å². The van der Waals surface area contributed by atoms with Gasteiger partial charge >= 0.3 is 13.8 Å². The fourth-order valence-corrected chi connectivity index (χ4v) is 7.27. The number of carbonyl (C=O) groups excluding carboxylic acids is 1. The molecule has 0 saturated heterocycles. The third kappa shape index (κ3) is 42.1. The highest BCUT2D eigenvalue weighted by atomic mass is 31.2. The van der Waals surface area contributed by atoms with Crippen molar-refractivity contribution >= 4 is 13.8 Å². The summed E-state index contributed by atoms with van der Waals surface area (Å²) in [6.07, 6.45) is 47.7. The molecule has 0 radical (unpaired) electrons. The maximum absolute atomic E-state index is 12.6. The predicted octanol–water partition coefficient (Wildman–Crippen LogP) is 13.6. The summed E-state index contributed by atoms with van der Waals surface area (Å²) in [7, 11) is -4.28. The summed E-state index contributed by atoms with van der Waals surface area (Å²) in [5.74, 6) is -0.330. The minimum atomic E-state index is -4.28. The van der Waals surface area contributed by atoms with Crippen molar-refractivity contribution in [1.82, 2.24) is 0 Å². The van der Waals surface area contributed by atoms with Crippen LogP contribution in [-0.4, -0.2) is 49.9 Å². The number of carbonyl (C=O) groups is 1. The summed E-state index contributed by atoms with van der Waals surface area (Å²) >= 11 is 0. The van der Waals surface area contributed by atoms with Crippen LogP contribution in [0, 0.1) is 0 Å². The van der Waals surface area contributed by atoms with Gasteiger partial charge in [0.1, 0.15) is 6.10 Å². The summed E-state index contributed by atoms with van der Waals surface area (Å²) in [6.45, 7) is 4.87. The maximum Gasteiger partial charge on any atom is 0.472 e. The first-order chi connectivity index (χ1) is 26.4. The van der Waals surface area contributed by atoms with Crippen molar-refractivity contribution in [3.8, 4) is 0 Å². The summed E-state index contributed by atoms with van der Waals surface area (Å²) in [6, 6.07) is 0. The Morgan fingerprint density at radius 1 is 0.556 bits per heavy atom. The van der Waals surface area contributed by atoms with Crippen LogP contribution >= 0.6 is 7.82 Å². The van der Waals surface area contributed by atoms with E-state index in [2.05, 4.69) is 38.2 Å². The van der Waals surface area contributed by atoms with Crippen molar-refractivity contribution in [3.05, 3.63) is 24.3 Å². The van der Waals surface area contributed by atoms with Crippen LogP contribution in [0.2, 0.25) is 0 Å². The summed E-state index contributed by atoms with van der Waals surface area (Å²) < 4.78 is 33.4. The van der Waals surface area contributed by atoms with Gasteiger partial charge in [0.05, 0.1) is 19.8 Å². The number of rotatable bonds is 44. The average Bonchev–Trinajstić information content (AvgIpc) is 3.16. The lowest BCUT2D eigenvalue weighted by atomic mass is 10.0. The van der Waals surface area contributed by atoms with Crippen LogP contribution in [0.3, 0.4) is 0 Å². The molecule has 9 heteroatoms. The van der Waals surface area contributed by atoms with Gasteiger partial charge < -0.3 is 20.1 Å². The second kappa shape index (κ2) is 43.1. The first-order valence-electron chi connectivity index (χ1n) is 22.8. The molecular weight excluding hydrogens is 697 g/mol. The Kier molecular flexibility index (Phi) is 42.3. The largest absolute Gasteiger partial charge is 0.472 e. The van der Waals surface area contributed by atoms with Crippen LogP contribution in [0.5, 0.6) is 0 Å². The van der Waals surface area contributed by atoms with E-state index in [9.17, 15) is 14.3 Å². The van der Waals surface area contributed by atoms with E-state index in [-0.39, 0.29) is 32.3 Å². The number of hydrogen-bond donors (Lipinski definition) is 2. The molecule has 320 valence electrons. The van der Waals surface area contributed by atoms with E-state index in [0.29, 0.717) is 13.0 Å². The molecule has 0 saturated carbocycles. The molecule has 0 bridgehead atoms. The van der Waals surface area contributed by atoms with Gasteiger partial charge in [0.2, 0.25) is 0 Å². The second-order valence-electron chi connectivity index (χ2n) is 15.3. The standard InChI is InChI=1S/C45H88NO7P/c1-3-5-7-9-11-13-15-17-19-20-21-22-23-24-25-26-28-30-32-34-36-38-45(47)53-44(43-52-54(48,49)51-41-39-46)42-50-40-37-35-33-31-29-27-18-16-14-12-10-8-6-4-2/h8,10,14,16,44H,3-7,9,11-13,15,17-43,46H2,1-2H3,(H,48,49)/b10-8-,16-14-. The van der Waals surface area contributed by atoms with E-state index in [1.807, 2.05) is 0 Å². The first kappa shape index (κ1) is 53.0. The Morgan fingerprint density at radius 3 is 1.52 bits per heavy atom. The van der Waals surface area contributed by atoms with Gasteiger partial charge in [-0.25, -0.2) is 4.57 Å². The normalized spacial score (nSPS) is 13.6. The molecule has 0 aromatic carbocycles. The molecule has 0 heterocycles. The molecule has 54 heavy (non-hydrogen) atoms. The zero-order chi connectivity index (χ0) is 39.5. The molecule has 0 aliphatic rings. The van der Waals surface area contributed by atoms with Gasteiger partial charge in [0.25, 0.3) is 0 Å². The Hall–Kier alpha value is -1.02. The molecule has 0 aromatic heterocycles. The van der Waals surface area contributed by atoms with Crippen molar-refractivity contribution < 1.29 is 32.8 Å². The number of ether oxygens (including phenoxy) is 2. The Balaban J connectivity index is 3.94. The molecule has 0 amide bonds. The Morgan fingerprint density at radius 2 is 1.02 bits per heavy atom. The van der Waals surface area contributed by atoms with E-state index < -0.39 is 13.9 Å². The fraction of sp³-hybridized carbons (Fsp3) is 0.889. The van der Waals surface area contributed by atoms with Gasteiger partial charge in [0, 0.05) is 19.6 Å². The maximum atomic E-state index is 12.6. The minimum absolute atomic E-state index is 0.0956. The van der Waals surface area contributed by atoms with E-state index in [1.165, 1.54) is 154 Å². The zero-order valence-corrected chi connectivity index (χ0v) is 36.4. The van der Waals surface area contributed by atoms with Crippen LogP contribution in [0.15, 0.2) is 24.3 Å². The molecular formula is C45H88NO7P. The quantitative estimate of drug-likeness (QED) is 0.0271. The third-order valence-corrected chi connectivity index (χ3v) is 10.8. The van der Waals surface area contributed by atoms with Crippen LogP contribution in [0.25, 0.3) is 0 Å². The lowest BCUT2D eigenvalue weighted by molar-refractivity contribution is -0.154. The lowest BCUT2D eigenvalue weighted by Gasteiger charge is -2.20. The number of hydrogen-bond acceptors (Lipinski definition) is 7. The number of nitrogens with two attached hydrogens (primary N) is 1. The average molecular weight is 786 g/mol. The fourth-order valence-electron chi connectivity index (χ4n) is 6.51. The molecule has 0 aliphatic carbocycles. The topological polar surface area (TPSA) is 117 Å². The van der Waals surface area contributed by atoms with E-state index in [4.69, 9.17) is 24.3 Å². The van der Waals surface area contributed by atoms with Crippen LogP contribution in [0.4, 0.5) is 0 Å². The molecule has 0 fully saturated rings. The van der Waals surface area contributed by atoms with Gasteiger partial charge in [-0.15, -0.1) is 0 Å². The SMILES string of the molecule is CCC/C=C\C/C=C\CCCCCCCCOCC(COP(=O)(O)OCCN)OC(=O)CCCCCCCCCCCCCCCCCCCCCCC. The Labute approximate surface area is 334 Å². The highest BCUT2D eigenvalue weighted by Crippen LogP contribution is 2.43. The number of esters is 1. The van der Waals surface area contributed by atoms with Crippen LogP contribution in [0.1, 0.15) is 219 Å². The van der Waals surface area contributed by atoms with Crippen LogP contribution in [-0.2, 0) is 27.9 Å². The van der Waals surface area contributed by atoms with E-state index >= 15 is 0 Å². The smallest absolute Gasteiger partial charge is 0.457 e. The molecule has 0 rings (SSSR count). The van der Waals surface area contributed by atoms with Gasteiger partial charge in [-0.3, -0.25) is 13.8 Å². The van der Waals surface area contributed by atoms with E-state index in [1.54, 1.807) is 0 Å². The third-order valence-electron chi connectivity index (χ3n) is 9.85. The highest BCUT2D eigenvalue weighted by molar-refractivity contribution is 7.47. The van der Waals surface area contributed by atoms with E-state index in [0.717, 1.165) is 44.9 Å². The molecule has 3 N–H and O–H groups in total. The monoisotopic (exact) mass is 786 g/mol. The molecule has 0 aromatic rings. The van der Waals surface area contributed by atoms with Crippen molar-refractivity contribution in [2.75, 3.05) is 33.0 Å². The van der Waals surface area contributed by atoms with Crippen molar-refractivity contribution in [2.45, 2.75) is 225 Å². The van der Waals surface area contributed by atoms with Crippen molar-refractivity contribution in [2.24, 2.45) is 5.73 Å². The highest BCUT2D eigenvalue weighted by Gasteiger charge is 2.25. The molecule has 2 atom stereocenters. The molecule has 0 spiro atoms. The van der Waals surface area contributed by atoms with Crippen molar-refractivity contribution in [1.29, 1.82) is 0 Å². The predicted molar refractivity (Wildman–Crippen MR) is 229 cm³/mol. The molecule has 2 unspecified atom stereocenters. The first-order valence-corrected chi connectivity index (χ1v) is 24.3. The van der Waals surface area contributed by atoms with Gasteiger partial charge in [-0.05, 0) is 38.5 Å². The Bertz CT molecular complexity index is 884. The van der Waals surface area contributed by atoms with Gasteiger partial charge in [0.15, 0.2) is 0 Å².